The Morgan fingerprint density at radius 1 is 1.53 bits per heavy atom. The zero-order valence-electron chi connectivity index (χ0n) is 12.3. The molecule has 0 bridgehead atoms. The van der Waals surface area contributed by atoms with Gasteiger partial charge in [-0.05, 0) is 6.42 Å². The lowest BCUT2D eigenvalue weighted by Gasteiger charge is -2.13. The summed E-state index contributed by atoms with van der Waals surface area (Å²) in [6, 6.07) is -0.384. The summed E-state index contributed by atoms with van der Waals surface area (Å²) in [7, 11) is 0. The molecule has 0 spiro atoms. The van der Waals surface area contributed by atoms with Gasteiger partial charge in [-0.3, -0.25) is 4.79 Å². The maximum absolute atomic E-state index is 11.6. The minimum Gasteiger partial charge on any atom is -0.354 e. The van der Waals surface area contributed by atoms with E-state index in [0.717, 1.165) is 30.0 Å². The van der Waals surface area contributed by atoms with E-state index in [9.17, 15) is 4.79 Å². The maximum atomic E-state index is 11.6. The highest BCUT2D eigenvalue weighted by molar-refractivity contribution is 7.09. The molecular weight excluding hydrogens is 258 g/mol. The molecule has 1 rings (SSSR count). The van der Waals surface area contributed by atoms with Crippen LogP contribution in [-0.4, -0.2) is 23.5 Å². The Morgan fingerprint density at radius 3 is 2.74 bits per heavy atom. The Hall–Kier alpha value is -0.940. The molecule has 5 heteroatoms. The fraction of sp³-hybridized carbons (Fsp3) is 0.714. The number of amides is 1. The Kier molecular flexibility index (Phi) is 5.94. The molecule has 19 heavy (non-hydrogen) atoms. The molecule has 0 saturated heterocycles. The molecule has 0 saturated carbocycles. The van der Waals surface area contributed by atoms with Gasteiger partial charge < -0.3 is 11.1 Å². The second-order valence-corrected chi connectivity index (χ2v) is 6.69. The van der Waals surface area contributed by atoms with Crippen LogP contribution >= 0.6 is 11.3 Å². The minimum atomic E-state index is -0.384. The number of nitrogens with one attached hydrogen (secondary N) is 1. The van der Waals surface area contributed by atoms with Crippen LogP contribution in [-0.2, 0) is 16.6 Å². The summed E-state index contributed by atoms with van der Waals surface area (Å²) in [5.74, 6) is -0.0619. The number of carbonyl (C=O) groups excluding carboxylic acids is 1. The number of nitrogens with zero attached hydrogens (tertiary/aromatic N) is 1. The highest BCUT2D eigenvalue weighted by atomic mass is 32.1. The fourth-order valence-corrected chi connectivity index (χ4v) is 2.59. The van der Waals surface area contributed by atoms with E-state index in [-0.39, 0.29) is 17.4 Å². The molecule has 0 aromatic carbocycles. The van der Waals surface area contributed by atoms with E-state index in [1.807, 2.05) is 6.92 Å². The zero-order chi connectivity index (χ0) is 14.5. The first-order chi connectivity index (χ1) is 8.84. The van der Waals surface area contributed by atoms with E-state index in [1.54, 1.807) is 11.3 Å². The van der Waals surface area contributed by atoms with Gasteiger partial charge in [0.05, 0.1) is 16.7 Å². The van der Waals surface area contributed by atoms with Gasteiger partial charge in [-0.25, -0.2) is 4.98 Å². The van der Waals surface area contributed by atoms with Crippen molar-refractivity contribution in [3.63, 3.8) is 0 Å². The van der Waals surface area contributed by atoms with Gasteiger partial charge in [0.2, 0.25) is 5.91 Å². The number of aromatic nitrogens is 1. The summed E-state index contributed by atoms with van der Waals surface area (Å²) in [6.07, 6.45) is 2.42. The molecule has 1 heterocycles. The molecule has 0 aliphatic heterocycles. The standard InChI is InChI=1S/C14H25N3OS/c1-5-6-11(15)12(18)16-8-7-10-9-19-13(17-10)14(2,3)4/h9,11H,5-8,15H2,1-4H3,(H,16,18). The summed E-state index contributed by atoms with van der Waals surface area (Å²) >= 11 is 1.68. The lowest BCUT2D eigenvalue weighted by molar-refractivity contribution is -0.122. The predicted molar refractivity (Wildman–Crippen MR) is 80.4 cm³/mol. The van der Waals surface area contributed by atoms with Crippen LogP contribution in [0, 0.1) is 0 Å². The Labute approximate surface area is 119 Å². The quantitative estimate of drug-likeness (QED) is 0.841. The van der Waals surface area contributed by atoms with Crippen molar-refractivity contribution >= 4 is 17.2 Å². The van der Waals surface area contributed by atoms with Crippen molar-refractivity contribution in [1.82, 2.24) is 10.3 Å². The molecule has 4 nitrogen and oxygen atoms in total. The summed E-state index contributed by atoms with van der Waals surface area (Å²) < 4.78 is 0. The molecule has 1 aromatic rings. The number of hydrogen-bond donors (Lipinski definition) is 2. The summed E-state index contributed by atoms with van der Waals surface area (Å²) in [4.78, 5) is 16.2. The SMILES string of the molecule is CCCC(N)C(=O)NCCc1csc(C(C)(C)C)n1. The smallest absolute Gasteiger partial charge is 0.236 e. The van der Waals surface area contributed by atoms with E-state index in [4.69, 9.17) is 5.73 Å². The molecule has 3 N–H and O–H groups in total. The maximum Gasteiger partial charge on any atom is 0.236 e. The lowest BCUT2D eigenvalue weighted by Crippen LogP contribution is -2.41. The molecule has 0 radical (unpaired) electrons. The second kappa shape index (κ2) is 7.01. The minimum absolute atomic E-state index is 0.0619. The summed E-state index contributed by atoms with van der Waals surface area (Å²) in [6.45, 7) is 9.09. The highest BCUT2D eigenvalue weighted by Gasteiger charge is 2.18. The third-order valence-electron chi connectivity index (χ3n) is 2.81. The van der Waals surface area contributed by atoms with E-state index >= 15 is 0 Å². The molecule has 1 amide bonds. The summed E-state index contributed by atoms with van der Waals surface area (Å²) in [5, 5.41) is 6.07. The van der Waals surface area contributed by atoms with Crippen molar-refractivity contribution in [3.05, 3.63) is 16.1 Å². The largest absolute Gasteiger partial charge is 0.354 e. The molecule has 0 aliphatic carbocycles. The van der Waals surface area contributed by atoms with Crippen molar-refractivity contribution in [1.29, 1.82) is 0 Å². The van der Waals surface area contributed by atoms with Crippen molar-refractivity contribution in [2.45, 2.75) is 58.4 Å². The first-order valence-electron chi connectivity index (χ1n) is 6.82. The molecule has 108 valence electrons. The lowest BCUT2D eigenvalue weighted by atomic mass is 9.98. The summed E-state index contributed by atoms with van der Waals surface area (Å²) in [5.41, 5.74) is 6.88. The first-order valence-corrected chi connectivity index (χ1v) is 7.70. The van der Waals surface area contributed by atoms with Gasteiger partial charge in [-0.2, -0.15) is 0 Å². The van der Waals surface area contributed by atoms with E-state index in [0.29, 0.717) is 6.54 Å². The average Bonchev–Trinajstić information content (AvgIpc) is 2.77. The average molecular weight is 283 g/mol. The monoisotopic (exact) mass is 283 g/mol. The van der Waals surface area contributed by atoms with Crippen LogP contribution in [0.2, 0.25) is 0 Å². The molecule has 1 aromatic heterocycles. The topological polar surface area (TPSA) is 68.0 Å². The Balaban J connectivity index is 2.37. The van der Waals surface area contributed by atoms with Gasteiger partial charge >= 0.3 is 0 Å². The van der Waals surface area contributed by atoms with Crippen LogP contribution in [0.5, 0.6) is 0 Å². The van der Waals surface area contributed by atoms with Crippen LogP contribution in [0.3, 0.4) is 0 Å². The van der Waals surface area contributed by atoms with Gasteiger partial charge in [0.25, 0.3) is 0 Å². The van der Waals surface area contributed by atoms with Crippen molar-refractivity contribution in [2.75, 3.05) is 6.54 Å². The van der Waals surface area contributed by atoms with Crippen molar-refractivity contribution < 1.29 is 4.79 Å². The molecule has 0 fully saturated rings. The van der Waals surface area contributed by atoms with Crippen LogP contribution in [0.4, 0.5) is 0 Å². The van der Waals surface area contributed by atoms with Crippen LogP contribution in [0.1, 0.15) is 51.2 Å². The first kappa shape index (κ1) is 16.1. The number of thiazole rings is 1. The van der Waals surface area contributed by atoms with E-state index < -0.39 is 0 Å². The zero-order valence-corrected chi connectivity index (χ0v) is 13.1. The fourth-order valence-electron chi connectivity index (χ4n) is 1.65. The molecule has 0 aliphatic rings. The van der Waals surface area contributed by atoms with Crippen LogP contribution in [0.25, 0.3) is 0 Å². The molecule has 1 atom stereocenters. The van der Waals surface area contributed by atoms with Crippen LogP contribution < -0.4 is 11.1 Å². The second-order valence-electron chi connectivity index (χ2n) is 5.83. The van der Waals surface area contributed by atoms with Gasteiger partial charge in [0, 0.05) is 23.8 Å². The number of hydrogen-bond acceptors (Lipinski definition) is 4. The molecular formula is C14H25N3OS. The third-order valence-corrected chi connectivity index (χ3v) is 4.13. The van der Waals surface area contributed by atoms with Crippen molar-refractivity contribution in [3.8, 4) is 0 Å². The number of carbonyl (C=O) groups is 1. The normalized spacial score (nSPS) is 13.3. The van der Waals surface area contributed by atoms with Crippen LogP contribution in [0.15, 0.2) is 5.38 Å². The van der Waals surface area contributed by atoms with E-state index in [2.05, 4.69) is 36.5 Å². The Bertz CT molecular complexity index is 409. The number of nitrogens with two attached hydrogens (primary N) is 1. The molecule has 1 unspecified atom stereocenters. The van der Waals surface area contributed by atoms with Gasteiger partial charge in [-0.1, -0.05) is 34.1 Å². The third kappa shape index (κ3) is 5.28. The Morgan fingerprint density at radius 2 is 2.21 bits per heavy atom. The highest BCUT2D eigenvalue weighted by Crippen LogP contribution is 2.25. The van der Waals surface area contributed by atoms with Gasteiger partial charge in [0.1, 0.15) is 0 Å². The van der Waals surface area contributed by atoms with Gasteiger partial charge in [0.15, 0.2) is 0 Å². The number of rotatable bonds is 6. The van der Waals surface area contributed by atoms with Gasteiger partial charge in [-0.15, -0.1) is 11.3 Å². The van der Waals surface area contributed by atoms with E-state index in [1.165, 1.54) is 0 Å². The van der Waals surface area contributed by atoms with Crippen molar-refractivity contribution in [2.24, 2.45) is 5.73 Å². The predicted octanol–water partition coefficient (Wildman–Crippen LogP) is 2.23.